The van der Waals surface area contributed by atoms with E-state index in [2.05, 4.69) is 5.32 Å². The summed E-state index contributed by atoms with van der Waals surface area (Å²) in [5.41, 5.74) is 0. The molecule has 0 radical (unpaired) electrons. The van der Waals surface area contributed by atoms with Gasteiger partial charge in [-0.1, -0.05) is 0 Å². The van der Waals surface area contributed by atoms with Crippen LogP contribution in [-0.4, -0.2) is 58.1 Å². The second kappa shape index (κ2) is 6.70. The van der Waals surface area contributed by atoms with Gasteiger partial charge in [-0.15, -0.1) is 0 Å². The van der Waals surface area contributed by atoms with Crippen LogP contribution in [0.15, 0.2) is 29.2 Å². The molecule has 3 rings (SSSR count). The number of hydrogen-bond acceptors (Lipinski definition) is 5. The summed E-state index contributed by atoms with van der Waals surface area (Å²) in [6.07, 6.45) is 0.980. The average Bonchev–Trinajstić information content (AvgIpc) is 3.08. The lowest BCUT2D eigenvalue weighted by Gasteiger charge is -2.39. The topological polar surface area (TPSA) is 84.9 Å². The van der Waals surface area contributed by atoms with Crippen LogP contribution in [0.3, 0.4) is 0 Å². The van der Waals surface area contributed by atoms with Crippen LogP contribution in [0.4, 0.5) is 0 Å². The van der Waals surface area contributed by atoms with Gasteiger partial charge in [-0.05, 0) is 37.1 Å². The number of methoxy groups -OCH3 is 1. The normalized spacial score (nSPS) is 27.5. The highest BCUT2D eigenvalue weighted by Gasteiger charge is 2.47. The van der Waals surface area contributed by atoms with Gasteiger partial charge in [-0.3, -0.25) is 4.79 Å². The molecule has 1 N–H and O–H groups in total. The van der Waals surface area contributed by atoms with Gasteiger partial charge in [0.15, 0.2) is 0 Å². The molecule has 0 bridgehead atoms. The summed E-state index contributed by atoms with van der Waals surface area (Å²) in [6, 6.07) is 6.09. The Balaban J connectivity index is 1.92. The molecule has 0 unspecified atom stereocenters. The number of rotatable bonds is 4. The smallest absolute Gasteiger partial charge is 0.243 e. The fraction of sp³-hybridized carbons (Fsp3) is 0.562. The number of sulfonamides is 1. The Hall–Kier alpha value is -1.64. The van der Waals surface area contributed by atoms with Crippen LogP contribution >= 0.6 is 0 Å². The third kappa shape index (κ3) is 3.01. The molecule has 2 aliphatic rings. The van der Waals surface area contributed by atoms with Crippen molar-refractivity contribution in [2.75, 3.05) is 27.3 Å². The van der Waals surface area contributed by atoms with Crippen LogP contribution in [0.25, 0.3) is 0 Å². The van der Waals surface area contributed by atoms with Gasteiger partial charge in [0, 0.05) is 20.2 Å². The number of fused-ring (bicyclic) bond motifs is 1. The van der Waals surface area contributed by atoms with Crippen LogP contribution < -0.4 is 10.1 Å². The minimum absolute atomic E-state index is 0.154. The lowest BCUT2D eigenvalue weighted by Crippen LogP contribution is -2.54. The number of carbonyl (C=O) groups is 1. The highest BCUT2D eigenvalue weighted by molar-refractivity contribution is 7.89. The fourth-order valence-corrected chi connectivity index (χ4v) is 5.18. The van der Waals surface area contributed by atoms with E-state index in [0.717, 1.165) is 0 Å². The van der Waals surface area contributed by atoms with E-state index in [-0.39, 0.29) is 29.5 Å². The molecule has 0 aromatic heterocycles. The molecule has 7 nitrogen and oxygen atoms in total. The van der Waals surface area contributed by atoms with Gasteiger partial charge < -0.3 is 14.8 Å². The quantitative estimate of drug-likeness (QED) is 0.856. The molecule has 0 saturated carbocycles. The van der Waals surface area contributed by atoms with Gasteiger partial charge in [0.05, 0.1) is 30.1 Å². The monoisotopic (exact) mass is 354 g/mol. The zero-order chi connectivity index (χ0) is 17.3. The maximum absolute atomic E-state index is 13.1. The summed E-state index contributed by atoms with van der Waals surface area (Å²) in [5.74, 6) is 0.0409. The van der Waals surface area contributed by atoms with Crippen LogP contribution in [-0.2, 0) is 19.6 Å². The van der Waals surface area contributed by atoms with Gasteiger partial charge in [-0.25, -0.2) is 8.42 Å². The van der Waals surface area contributed by atoms with E-state index in [9.17, 15) is 13.2 Å². The summed E-state index contributed by atoms with van der Waals surface area (Å²) in [4.78, 5) is 12.2. The van der Waals surface area contributed by atoms with Crippen LogP contribution in [0.1, 0.15) is 12.8 Å². The first kappa shape index (κ1) is 17.2. The number of piperidine rings is 1. The first-order chi connectivity index (χ1) is 11.5. The average molecular weight is 354 g/mol. The lowest BCUT2D eigenvalue weighted by molar-refractivity contribution is -0.127. The summed E-state index contributed by atoms with van der Waals surface area (Å²) in [6.45, 7) is 0.697. The summed E-state index contributed by atoms with van der Waals surface area (Å²) in [5, 5.41) is 2.61. The molecule has 2 heterocycles. The van der Waals surface area contributed by atoms with E-state index in [1.54, 1.807) is 19.2 Å². The zero-order valence-electron chi connectivity index (χ0n) is 13.8. The van der Waals surface area contributed by atoms with Crippen molar-refractivity contribution in [2.24, 2.45) is 5.92 Å². The number of benzene rings is 1. The first-order valence-corrected chi connectivity index (χ1v) is 9.40. The molecular weight excluding hydrogens is 332 g/mol. The Kier molecular flexibility index (Phi) is 4.80. The molecule has 2 saturated heterocycles. The second-order valence-corrected chi connectivity index (χ2v) is 7.95. The number of nitrogens with zero attached hydrogens (tertiary/aromatic N) is 1. The van der Waals surface area contributed by atoms with Crippen molar-refractivity contribution in [1.82, 2.24) is 9.62 Å². The van der Waals surface area contributed by atoms with E-state index < -0.39 is 15.9 Å². The maximum atomic E-state index is 13.1. The Morgan fingerprint density at radius 2 is 2.04 bits per heavy atom. The molecule has 8 heteroatoms. The number of carbonyl (C=O) groups excluding carboxylic acids is 1. The lowest BCUT2D eigenvalue weighted by atomic mass is 9.91. The van der Waals surface area contributed by atoms with E-state index >= 15 is 0 Å². The molecule has 0 spiro atoms. The molecule has 2 fully saturated rings. The van der Waals surface area contributed by atoms with Crippen LogP contribution in [0.5, 0.6) is 5.75 Å². The predicted molar refractivity (Wildman–Crippen MR) is 87.2 cm³/mol. The standard InChI is InChI=1S/C16H22N2O5S/c1-17-16(19)11-9-15-14(7-8-23-15)18(10-11)24(20,21)13-5-3-12(22-2)4-6-13/h3-6,11,14-15H,7-10H2,1-2H3,(H,17,19)/t11-,14+,15+/m1/s1. The minimum Gasteiger partial charge on any atom is -0.497 e. The molecule has 132 valence electrons. The van der Waals surface area contributed by atoms with Gasteiger partial charge in [-0.2, -0.15) is 4.31 Å². The third-order valence-electron chi connectivity index (χ3n) is 4.74. The summed E-state index contributed by atoms with van der Waals surface area (Å²) >= 11 is 0. The van der Waals surface area contributed by atoms with E-state index in [1.165, 1.54) is 23.5 Å². The van der Waals surface area contributed by atoms with Crippen LogP contribution in [0.2, 0.25) is 0 Å². The minimum atomic E-state index is -3.70. The Morgan fingerprint density at radius 3 is 2.67 bits per heavy atom. The van der Waals surface area contributed by atoms with Crippen LogP contribution in [0, 0.1) is 5.92 Å². The molecule has 1 aromatic carbocycles. The second-order valence-electron chi connectivity index (χ2n) is 6.06. The largest absolute Gasteiger partial charge is 0.497 e. The SMILES string of the molecule is CNC(=O)[C@@H]1C[C@@H]2OCC[C@@H]2N(S(=O)(=O)c2ccc(OC)cc2)C1. The van der Waals surface area contributed by atoms with Crippen molar-refractivity contribution < 1.29 is 22.7 Å². The van der Waals surface area contributed by atoms with Crippen molar-refractivity contribution in [3.8, 4) is 5.75 Å². The highest BCUT2D eigenvalue weighted by atomic mass is 32.2. The van der Waals surface area contributed by atoms with Gasteiger partial charge in [0.25, 0.3) is 0 Å². The van der Waals surface area contributed by atoms with Crippen molar-refractivity contribution in [1.29, 1.82) is 0 Å². The summed E-state index contributed by atoms with van der Waals surface area (Å²) < 4.78 is 38.4. The van der Waals surface area contributed by atoms with E-state index in [0.29, 0.717) is 25.2 Å². The van der Waals surface area contributed by atoms with Crippen molar-refractivity contribution in [2.45, 2.75) is 29.9 Å². The third-order valence-corrected chi connectivity index (χ3v) is 6.65. The van der Waals surface area contributed by atoms with E-state index in [1.807, 2.05) is 0 Å². The molecule has 2 aliphatic heterocycles. The van der Waals surface area contributed by atoms with Crippen molar-refractivity contribution in [3.63, 3.8) is 0 Å². The molecule has 24 heavy (non-hydrogen) atoms. The Bertz CT molecular complexity index is 704. The fourth-order valence-electron chi connectivity index (χ4n) is 3.45. The maximum Gasteiger partial charge on any atom is 0.243 e. The molecule has 0 aliphatic carbocycles. The van der Waals surface area contributed by atoms with Gasteiger partial charge >= 0.3 is 0 Å². The molecule has 1 aromatic rings. The predicted octanol–water partition coefficient (Wildman–Crippen LogP) is 0.609. The van der Waals surface area contributed by atoms with Gasteiger partial charge in [0.1, 0.15) is 5.75 Å². The number of amides is 1. The molecule has 1 amide bonds. The number of ether oxygens (including phenoxy) is 2. The number of nitrogens with one attached hydrogen (secondary N) is 1. The van der Waals surface area contributed by atoms with Crippen molar-refractivity contribution >= 4 is 15.9 Å². The molecule has 3 atom stereocenters. The highest BCUT2D eigenvalue weighted by Crippen LogP contribution is 2.35. The van der Waals surface area contributed by atoms with Gasteiger partial charge in [0.2, 0.25) is 15.9 Å². The Morgan fingerprint density at radius 1 is 1.33 bits per heavy atom. The zero-order valence-corrected chi connectivity index (χ0v) is 14.6. The van der Waals surface area contributed by atoms with Crippen molar-refractivity contribution in [3.05, 3.63) is 24.3 Å². The van der Waals surface area contributed by atoms with E-state index in [4.69, 9.17) is 9.47 Å². The summed E-state index contributed by atoms with van der Waals surface area (Å²) in [7, 11) is -0.606. The first-order valence-electron chi connectivity index (χ1n) is 7.96. The Labute approximate surface area is 142 Å². The number of hydrogen-bond donors (Lipinski definition) is 1. The molecular formula is C16H22N2O5S.